The molecule has 0 heterocycles. The van der Waals surface area contributed by atoms with Crippen molar-refractivity contribution in [1.29, 1.82) is 0 Å². The van der Waals surface area contributed by atoms with E-state index in [1.807, 2.05) is 0 Å². The third-order valence-electron chi connectivity index (χ3n) is 8.38. The molecular formula is C30H23F9O3. The van der Waals surface area contributed by atoms with Crippen LogP contribution in [0.4, 0.5) is 39.5 Å². The third-order valence-corrected chi connectivity index (χ3v) is 8.38. The number of halogens is 9. The standard InChI is InChI=1S/C30H23F9O3/c31-20-10-4-16(5-11-20)21-12-17(21)13-27(14-23(27)26(40)41)18-6-8-19(9-7-18)28(29(34,35)36,30(37,38)39)42-15-22-24(32)2-1-3-25(22)33/h1-11,17,21,23H,12-15H2,(H,40,41)/t17?,21?,23-,27+/m1/s1. The molecule has 0 radical (unpaired) electrons. The van der Waals surface area contributed by atoms with Crippen molar-refractivity contribution >= 4 is 5.97 Å². The van der Waals surface area contributed by atoms with E-state index in [0.29, 0.717) is 37.1 Å². The van der Waals surface area contributed by atoms with E-state index < -0.39 is 70.4 Å². The number of alkyl halides is 6. The summed E-state index contributed by atoms with van der Waals surface area (Å²) < 4.78 is 131. The Morgan fingerprint density at radius 1 is 0.857 bits per heavy atom. The SMILES string of the molecule is O=C(O)[C@H]1C[C@@]1(CC1CC1c1ccc(F)cc1)c1ccc(C(OCc2c(F)cccc2F)(C(F)(F)F)C(F)(F)F)cc1. The van der Waals surface area contributed by atoms with E-state index in [9.17, 15) is 49.4 Å². The smallest absolute Gasteiger partial charge is 0.430 e. The Kier molecular flexibility index (Phi) is 7.36. The summed E-state index contributed by atoms with van der Waals surface area (Å²) in [6, 6.07) is 11.2. The number of aliphatic carboxylic acids is 1. The van der Waals surface area contributed by atoms with Gasteiger partial charge >= 0.3 is 18.3 Å². The van der Waals surface area contributed by atoms with Crippen molar-refractivity contribution in [2.24, 2.45) is 11.8 Å². The van der Waals surface area contributed by atoms with Crippen LogP contribution in [0.25, 0.3) is 0 Å². The lowest BCUT2D eigenvalue weighted by Crippen LogP contribution is -2.55. The largest absolute Gasteiger partial charge is 0.481 e. The lowest BCUT2D eigenvalue weighted by Gasteiger charge is -2.37. The fourth-order valence-corrected chi connectivity index (χ4v) is 5.97. The summed E-state index contributed by atoms with van der Waals surface area (Å²) in [7, 11) is 0. The highest BCUT2D eigenvalue weighted by atomic mass is 19.4. The molecule has 0 amide bonds. The molecule has 2 aliphatic carbocycles. The highest BCUT2D eigenvalue weighted by molar-refractivity contribution is 5.77. The number of carboxylic acids is 1. The van der Waals surface area contributed by atoms with Gasteiger partial charge in [0.15, 0.2) is 0 Å². The molecule has 5 rings (SSSR count). The monoisotopic (exact) mass is 602 g/mol. The third kappa shape index (κ3) is 5.14. The van der Waals surface area contributed by atoms with E-state index in [2.05, 4.69) is 4.74 Å². The van der Waals surface area contributed by atoms with Crippen LogP contribution in [0.2, 0.25) is 0 Å². The van der Waals surface area contributed by atoms with Crippen molar-refractivity contribution in [2.75, 3.05) is 0 Å². The predicted octanol–water partition coefficient (Wildman–Crippen LogP) is 8.18. The molecule has 224 valence electrons. The lowest BCUT2D eigenvalue weighted by molar-refractivity contribution is -0.392. The van der Waals surface area contributed by atoms with Crippen LogP contribution in [0.1, 0.15) is 47.4 Å². The van der Waals surface area contributed by atoms with Gasteiger partial charge in [-0.15, -0.1) is 0 Å². The molecule has 42 heavy (non-hydrogen) atoms. The molecule has 12 heteroatoms. The second-order valence-electron chi connectivity index (χ2n) is 10.9. The van der Waals surface area contributed by atoms with Gasteiger partial charge < -0.3 is 9.84 Å². The number of rotatable bonds is 9. The number of carbonyl (C=O) groups is 1. The second-order valence-corrected chi connectivity index (χ2v) is 10.9. The van der Waals surface area contributed by atoms with Crippen LogP contribution in [0.5, 0.6) is 0 Å². The van der Waals surface area contributed by atoms with Crippen molar-refractivity contribution in [1.82, 2.24) is 0 Å². The molecule has 0 spiro atoms. The van der Waals surface area contributed by atoms with Crippen LogP contribution in [-0.4, -0.2) is 23.4 Å². The number of ether oxygens (including phenoxy) is 1. The zero-order valence-corrected chi connectivity index (χ0v) is 21.6. The first kappa shape index (κ1) is 29.9. The molecule has 2 aliphatic rings. The number of benzene rings is 3. The highest BCUT2D eigenvalue weighted by Crippen LogP contribution is 2.64. The van der Waals surface area contributed by atoms with Gasteiger partial charge in [-0.25, -0.2) is 13.2 Å². The number of carboxylic acid groups (broad SMARTS) is 1. The molecule has 0 aromatic heterocycles. The Bertz CT molecular complexity index is 1430. The van der Waals surface area contributed by atoms with Gasteiger partial charge in [0.2, 0.25) is 0 Å². The fourth-order valence-electron chi connectivity index (χ4n) is 5.97. The van der Waals surface area contributed by atoms with E-state index in [0.717, 1.165) is 23.8 Å². The number of hydrogen-bond donors (Lipinski definition) is 1. The molecule has 0 saturated heterocycles. The molecule has 3 aromatic carbocycles. The van der Waals surface area contributed by atoms with E-state index in [1.54, 1.807) is 12.1 Å². The molecular weight excluding hydrogens is 579 g/mol. The van der Waals surface area contributed by atoms with Gasteiger partial charge in [-0.2, -0.15) is 26.3 Å². The van der Waals surface area contributed by atoms with Gasteiger partial charge in [0.25, 0.3) is 5.60 Å². The summed E-state index contributed by atoms with van der Waals surface area (Å²) in [5.41, 5.74) is -7.32. The molecule has 0 aliphatic heterocycles. The fraction of sp³-hybridized carbons (Fsp3) is 0.367. The minimum absolute atomic E-state index is 0.0112. The maximum Gasteiger partial charge on any atom is 0.430 e. The highest BCUT2D eigenvalue weighted by Gasteiger charge is 2.73. The lowest BCUT2D eigenvalue weighted by atomic mass is 9.84. The summed E-state index contributed by atoms with van der Waals surface area (Å²) in [6.45, 7) is -1.67. The van der Waals surface area contributed by atoms with E-state index in [4.69, 9.17) is 0 Å². The first-order chi connectivity index (χ1) is 19.6. The van der Waals surface area contributed by atoms with Crippen molar-refractivity contribution in [3.8, 4) is 0 Å². The van der Waals surface area contributed by atoms with Crippen LogP contribution < -0.4 is 0 Å². The van der Waals surface area contributed by atoms with Crippen molar-refractivity contribution in [2.45, 2.75) is 55.2 Å². The molecule has 3 aromatic rings. The van der Waals surface area contributed by atoms with Gasteiger partial charge in [0.1, 0.15) is 17.5 Å². The van der Waals surface area contributed by atoms with E-state index in [1.165, 1.54) is 12.1 Å². The van der Waals surface area contributed by atoms with Crippen LogP contribution in [-0.2, 0) is 27.2 Å². The molecule has 2 fully saturated rings. The van der Waals surface area contributed by atoms with Gasteiger partial charge in [-0.3, -0.25) is 4.79 Å². The minimum Gasteiger partial charge on any atom is -0.481 e. The van der Waals surface area contributed by atoms with Crippen LogP contribution >= 0.6 is 0 Å². The molecule has 2 saturated carbocycles. The molecule has 3 nitrogen and oxygen atoms in total. The summed E-state index contributed by atoms with van der Waals surface area (Å²) >= 11 is 0. The number of hydrogen-bond acceptors (Lipinski definition) is 2. The normalized spacial score (nSPS) is 24.0. The first-order valence-corrected chi connectivity index (χ1v) is 12.9. The molecule has 2 unspecified atom stereocenters. The average Bonchev–Trinajstić information content (AvgIpc) is 3.82. The van der Waals surface area contributed by atoms with Gasteiger partial charge in [0, 0.05) is 16.5 Å². The Hall–Kier alpha value is -3.54. The van der Waals surface area contributed by atoms with Crippen molar-refractivity contribution < 1.29 is 54.2 Å². The quantitative estimate of drug-likeness (QED) is 0.252. The zero-order valence-electron chi connectivity index (χ0n) is 21.6. The topological polar surface area (TPSA) is 46.5 Å². The van der Waals surface area contributed by atoms with E-state index >= 15 is 0 Å². The minimum atomic E-state index is -6.09. The van der Waals surface area contributed by atoms with Crippen LogP contribution in [0.3, 0.4) is 0 Å². The summed E-state index contributed by atoms with van der Waals surface area (Å²) in [6.07, 6.45) is -11.1. The van der Waals surface area contributed by atoms with E-state index in [-0.39, 0.29) is 23.8 Å². The first-order valence-electron chi connectivity index (χ1n) is 12.9. The molecule has 1 N–H and O–H groups in total. The Morgan fingerprint density at radius 3 is 1.93 bits per heavy atom. The summed E-state index contributed by atoms with van der Waals surface area (Å²) in [5, 5.41) is 9.70. The maximum absolute atomic E-state index is 14.3. The molecule has 4 atom stereocenters. The Labute approximate surface area is 233 Å². The summed E-state index contributed by atoms with van der Waals surface area (Å²) in [5.74, 6) is -5.20. The molecule has 0 bridgehead atoms. The predicted molar refractivity (Wildman–Crippen MR) is 131 cm³/mol. The van der Waals surface area contributed by atoms with Crippen LogP contribution in [0.15, 0.2) is 66.7 Å². The van der Waals surface area contributed by atoms with Crippen LogP contribution in [0, 0.1) is 29.3 Å². The zero-order chi connectivity index (χ0) is 30.7. The van der Waals surface area contributed by atoms with Gasteiger partial charge in [-0.05, 0) is 66.5 Å². The maximum atomic E-state index is 14.3. The second kappa shape index (κ2) is 10.3. The van der Waals surface area contributed by atoms with Crippen molar-refractivity contribution in [3.63, 3.8) is 0 Å². The average molecular weight is 602 g/mol. The Morgan fingerprint density at radius 2 is 1.43 bits per heavy atom. The Balaban J connectivity index is 1.46. The van der Waals surface area contributed by atoms with Gasteiger partial charge in [0.05, 0.1) is 12.5 Å². The van der Waals surface area contributed by atoms with Crippen molar-refractivity contribution in [3.05, 3.63) is 106 Å². The van der Waals surface area contributed by atoms with Gasteiger partial charge in [-0.1, -0.05) is 42.5 Å². The summed E-state index contributed by atoms with van der Waals surface area (Å²) in [4.78, 5) is 11.9.